The molecule has 0 heterocycles. The molecule has 0 aromatic heterocycles. The topological polar surface area (TPSA) is 40.5 Å². The zero-order chi connectivity index (χ0) is 22.6. The van der Waals surface area contributed by atoms with Crippen molar-refractivity contribution in [3.63, 3.8) is 0 Å². The molecule has 3 fully saturated rings. The molecule has 0 saturated heterocycles. The van der Waals surface area contributed by atoms with Gasteiger partial charge in [-0.2, -0.15) is 0 Å². The minimum Gasteiger partial charge on any atom is -0.393 e. The van der Waals surface area contributed by atoms with Crippen LogP contribution in [0.25, 0.3) is 0 Å². The molecule has 0 aromatic rings. The first kappa shape index (κ1) is 23.8. The SMILES string of the molecule is CCC(O)(CCC(C)C1CCC2C3CC=C4CC(O)CCC4(C)C3CCC12C)C(C)C. The van der Waals surface area contributed by atoms with E-state index >= 15 is 0 Å². The molecule has 0 aliphatic heterocycles. The summed E-state index contributed by atoms with van der Waals surface area (Å²) in [6, 6.07) is 0. The Morgan fingerprint density at radius 3 is 2.48 bits per heavy atom. The summed E-state index contributed by atoms with van der Waals surface area (Å²) in [5.41, 5.74) is 1.93. The Morgan fingerprint density at radius 2 is 1.81 bits per heavy atom. The summed E-state index contributed by atoms with van der Waals surface area (Å²) in [6.45, 7) is 14.2. The van der Waals surface area contributed by atoms with Crippen LogP contribution in [0.1, 0.15) is 112 Å². The van der Waals surface area contributed by atoms with E-state index < -0.39 is 5.60 Å². The van der Waals surface area contributed by atoms with Crippen LogP contribution in [-0.2, 0) is 0 Å². The van der Waals surface area contributed by atoms with Crippen LogP contribution < -0.4 is 0 Å². The number of aliphatic hydroxyl groups excluding tert-OH is 1. The van der Waals surface area contributed by atoms with Gasteiger partial charge in [-0.1, -0.05) is 53.2 Å². The van der Waals surface area contributed by atoms with Gasteiger partial charge in [0.15, 0.2) is 0 Å². The molecule has 2 heteroatoms. The molecular formula is C29H50O2. The second kappa shape index (κ2) is 8.46. The highest BCUT2D eigenvalue weighted by Crippen LogP contribution is 2.67. The summed E-state index contributed by atoms with van der Waals surface area (Å²) in [6.07, 6.45) is 15.4. The predicted molar refractivity (Wildman–Crippen MR) is 130 cm³/mol. The summed E-state index contributed by atoms with van der Waals surface area (Å²) < 4.78 is 0. The lowest BCUT2D eigenvalue weighted by atomic mass is 9.47. The zero-order valence-electron chi connectivity index (χ0n) is 21.3. The first-order valence-corrected chi connectivity index (χ1v) is 13.6. The van der Waals surface area contributed by atoms with E-state index in [0.717, 1.165) is 49.4 Å². The number of fused-ring (bicyclic) bond motifs is 5. The summed E-state index contributed by atoms with van der Waals surface area (Å²) in [5.74, 6) is 4.42. The molecule has 2 nitrogen and oxygen atoms in total. The molecule has 4 aliphatic carbocycles. The molecule has 31 heavy (non-hydrogen) atoms. The van der Waals surface area contributed by atoms with Crippen molar-refractivity contribution < 1.29 is 10.2 Å². The molecule has 9 unspecified atom stereocenters. The van der Waals surface area contributed by atoms with Gasteiger partial charge in [-0.3, -0.25) is 0 Å². The second-order valence-corrected chi connectivity index (χ2v) is 13.0. The third-order valence-corrected chi connectivity index (χ3v) is 11.6. The van der Waals surface area contributed by atoms with Crippen LogP contribution in [0.5, 0.6) is 0 Å². The molecule has 4 aliphatic rings. The van der Waals surface area contributed by atoms with E-state index in [9.17, 15) is 10.2 Å². The van der Waals surface area contributed by atoms with Gasteiger partial charge in [-0.05, 0) is 117 Å². The van der Waals surface area contributed by atoms with Crippen LogP contribution in [0.2, 0.25) is 0 Å². The van der Waals surface area contributed by atoms with Crippen molar-refractivity contribution in [1.29, 1.82) is 0 Å². The fraction of sp³-hybridized carbons (Fsp3) is 0.931. The Bertz CT molecular complexity index is 682. The smallest absolute Gasteiger partial charge is 0.0668 e. The van der Waals surface area contributed by atoms with Gasteiger partial charge >= 0.3 is 0 Å². The van der Waals surface area contributed by atoms with Gasteiger partial charge in [-0.25, -0.2) is 0 Å². The fourth-order valence-corrected chi connectivity index (χ4v) is 9.17. The van der Waals surface area contributed by atoms with E-state index in [1.807, 2.05) is 0 Å². The van der Waals surface area contributed by atoms with Gasteiger partial charge < -0.3 is 10.2 Å². The van der Waals surface area contributed by atoms with Gasteiger partial charge in [0.25, 0.3) is 0 Å². The van der Waals surface area contributed by atoms with Gasteiger partial charge in [0.1, 0.15) is 0 Å². The third-order valence-electron chi connectivity index (χ3n) is 11.6. The molecule has 0 spiro atoms. The minimum absolute atomic E-state index is 0.103. The number of rotatable bonds is 6. The molecule has 0 amide bonds. The number of aliphatic hydroxyl groups is 2. The van der Waals surface area contributed by atoms with Crippen LogP contribution in [0.4, 0.5) is 0 Å². The highest BCUT2D eigenvalue weighted by atomic mass is 16.3. The van der Waals surface area contributed by atoms with E-state index in [2.05, 4.69) is 47.6 Å². The molecular weight excluding hydrogens is 380 g/mol. The van der Waals surface area contributed by atoms with Gasteiger partial charge in [0, 0.05) is 0 Å². The molecule has 9 atom stereocenters. The van der Waals surface area contributed by atoms with Crippen molar-refractivity contribution in [1.82, 2.24) is 0 Å². The molecule has 0 radical (unpaired) electrons. The van der Waals surface area contributed by atoms with Gasteiger partial charge in [-0.15, -0.1) is 0 Å². The lowest BCUT2D eigenvalue weighted by Crippen LogP contribution is -2.50. The zero-order valence-corrected chi connectivity index (χ0v) is 21.3. The Kier molecular flexibility index (Phi) is 6.50. The molecule has 0 bridgehead atoms. The Hall–Kier alpha value is -0.340. The van der Waals surface area contributed by atoms with Crippen LogP contribution in [-0.4, -0.2) is 21.9 Å². The first-order valence-electron chi connectivity index (χ1n) is 13.6. The monoisotopic (exact) mass is 430 g/mol. The van der Waals surface area contributed by atoms with Crippen LogP contribution >= 0.6 is 0 Å². The van der Waals surface area contributed by atoms with Gasteiger partial charge in [0.2, 0.25) is 0 Å². The lowest BCUT2D eigenvalue weighted by molar-refractivity contribution is -0.0615. The highest BCUT2D eigenvalue weighted by molar-refractivity contribution is 5.25. The predicted octanol–water partition coefficient (Wildman–Crippen LogP) is 7.14. The van der Waals surface area contributed by atoms with Crippen molar-refractivity contribution in [3.05, 3.63) is 11.6 Å². The maximum Gasteiger partial charge on any atom is 0.0668 e. The summed E-state index contributed by atoms with van der Waals surface area (Å²) in [5, 5.41) is 21.3. The molecule has 2 N–H and O–H groups in total. The lowest BCUT2D eigenvalue weighted by Gasteiger charge is -2.58. The molecule has 3 saturated carbocycles. The minimum atomic E-state index is -0.491. The average molecular weight is 431 g/mol. The Balaban J connectivity index is 1.48. The van der Waals surface area contributed by atoms with E-state index in [1.165, 1.54) is 44.9 Å². The van der Waals surface area contributed by atoms with E-state index in [4.69, 9.17) is 0 Å². The summed E-state index contributed by atoms with van der Waals surface area (Å²) in [4.78, 5) is 0. The van der Waals surface area contributed by atoms with Crippen LogP contribution in [0.15, 0.2) is 11.6 Å². The largest absolute Gasteiger partial charge is 0.393 e. The molecule has 178 valence electrons. The number of hydrogen-bond donors (Lipinski definition) is 2. The third kappa shape index (κ3) is 3.86. The van der Waals surface area contributed by atoms with E-state index in [-0.39, 0.29) is 6.10 Å². The molecule has 4 rings (SSSR count). The molecule has 0 aromatic carbocycles. The quantitative estimate of drug-likeness (QED) is 0.440. The number of allylic oxidation sites excluding steroid dienone is 1. The normalized spacial score (nSPS) is 45.3. The average Bonchev–Trinajstić information content (AvgIpc) is 3.09. The first-order chi connectivity index (χ1) is 14.5. The maximum atomic E-state index is 11.1. The van der Waals surface area contributed by atoms with E-state index in [0.29, 0.717) is 22.7 Å². The highest BCUT2D eigenvalue weighted by Gasteiger charge is 2.59. The van der Waals surface area contributed by atoms with Gasteiger partial charge in [0.05, 0.1) is 11.7 Å². The summed E-state index contributed by atoms with van der Waals surface area (Å²) >= 11 is 0. The Morgan fingerprint density at radius 1 is 1.06 bits per heavy atom. The standard InChI is InChI=1S/C29H50O2/c1-7-29(31,19(2)3)17-12-20(4)24-10-11-25-23-9-8-21-18-22(30)13-15-27(21,5)26(23)14-16-28(24,25)6/h8,19-20,22-26,30-31H,7,9-18H2,1-6H3. The van der Waals surface area contributed by atoms with Crippen molar-refractivity contribution in [2.24, 2.45) is 46.3 Å². The number of hydrogen-bond acceptors (Lipinski definition) is 2. The van der Waals surface area contributed by atoms with Crippen LogP contribution in [0, 0.1) is 46.3 Å². The maximum absolute atomic E-state index is 11.1. The van der Waals surface area contributed by atoms with Crippen molar-refractivity contribution in [2.45, 2.75) is 124 Å². The van der Waals surface area contributed by atoms with E-state index in [1.54, 1.807) is 5.57 Å². The van der Waals surface area contributed by atoms with Crippen molar-refractivity contribution in [3.8, 4) is 0 Å². The van der Waals surface area contributed by atoms with Crippen molar-refractivity contribution in [2.75, 3.05) is 0 Å². The van der Waals surface area contributed by atoms with Crippen molar-refractivity contribution >= 4 is 0 Å². The van der Waals surface area contributed by atoms with Crippen LogP contribution in [0.3, 0.4) is 0 Å². The summed E-state index contributed by atoms with van der Waals surface area (Å²) in [7, 11) is 0. The second-order valence-electron chi connectivity index (χ2n) is 13.0. The fourth-order valence-electron chi connectivity index (χ4n) is 9.17. The Labute approximate surface area is 192 Å².